The molecule has 0 atom stereocenters. The van der Waals surface area contributed by atoms with Crippen LogP contribution in [0.3, 0.4) is 0 Å². The summed E-state index contributed by atoms with van der Waals surface area (Å²) in [7, 11) is 3.37. The molecule has 5 nitrogen and oxygen atoms in total. The first-order valence-corrected chi connectivity index (χ1v) is 10.6. The highest BCUT2D eigenvalue weighted by molar-refractivity contribution is 6.30. The van der Waals surface area contributed by atoms with Gasteiger partial charge in [0.1, 0.15) is 0 Å². The molecule has 0 aliphatic rings. The summed E-state index contributed by atoms with van der Waals surface area (Å²) in [6, 6.07) is 24.1. The average molecular weight is 444 g/mol. The number of amides is 2. The number of rotatable bonds is 5. The molecular weight excluding hydrogens is 422 g/mol. The predicted molar refractivity (Wildman–Crippen MR) is 128 cm³/mol. The lowest BCUT2D eigenvalue weighted by atomic mass is 10.0. The van der Waals surface area contributed by atoms with Gasteiger partial charge in [-0.25, -0.2) is 4.98 Å². The molecule has 6 heteroatoms. The van der Waals surface area contributed by atoms with E-state index in [0.29, 0.717) is 28.4 Å². The lowest BCUT2D eigenvalue weighted by Gasteiger charge is -2.19. The van der Waals surface area contributed by atoms with Crippen molar-refractivity contribution in [1.82, 2.24) is 15.2 Å². The predicted octanol–water partition coefficient (Wildman–Crippen LogP) is 5.19. The highest BCUT2D eigenvalue weighted by atomic mass is 35.5. The highest BCUT2D eigenvalue weighted by Gasteiger charge is 2.18. The van der Waals surface area contributed by atoms with Gasteiger partial charge in [-0.15, -0.1) is 0 Å². The van der Waals surface area contributed by atoms with E-state index in [2.05, 4.69) is 5.32 Å². The molecule has 1 aromatic heterocycles. The number of hydrogen-bond donors (Lipinski definition) is 1. The van der Waals surface area contributed by atoms with Gasteiger partial charge >= 0.3 is 0 Å². The van der Waals surface area contributed by atoms with Crippen molar-refractivity contribution >= 4 is 34.3 Å². The SMILES string of the molecule is CNC(=O)c1ccc(CN(C)C(=O)c2cc(-c3ccc(Cl)cc3)nc3ccccc23)cc1. The summed E-state index contributed by atoms with van der Waals surface area (Å²) < 4.78 is 0. The molecule has 0 aliphatic heterocycles. The fraction of sp³-hybridized carbons (Fsp3) is 0.115. The Kier molecular flexibility index (Phi) is 6.19. The lowest BCUT2D eigenvalue weighted by Crippen LogP contribution is -2.26. The minimum atomic E-state index is -0.140. The smallest absolute Gasteiger partial charge is 0.254 e. The second-order valence-corrected chi connectivity index (χ2v) is 7.95. The van der Waals surface area contributed by atoms with E-state index >= 15 is 0 Å². The van der Waals surface area contributed by atoms with Crippen molar-refractivity contribution in [3.8, 4) is 11.3 Å². The molecule has 0 unspecified atom stereocenters. The Hall–Kier alpha value is -3.70. The average Bonchev–Trinajstić information content (AvgIpc) is 2.83. The van der Waals surface area contributed by atoms with Crippen LogP contribution in [-0.4, -0.2) is 35.8 Å². The van der Waals surface area contributed by atoms with Gasteiger partial charge in [-0.1, -0.05) is 54.1 Å². The van der Waals surface area contributed by atoms with Crippen molar-refractivity contribution in [2.45, 2.75) is 6.54 Å². The van der Waals surface area contributed by atoms with E-state index in [-0.39, 0.29) is 11.8 Å². The van der Waals surface area contributed by atoms with Gasteiger partial charge in [-0.3, -0.25) is 9.59 Å². The van der Waals surface area contributed by atoms with Crippen LogP contribution >= 0.6 is 11.6 Å². The van der Waals surface area contributed by atoms with Crippen LogP contribution in [0.2, 0.25) is 5.02 Å². The van der Waals surface area contributed by atoms with Crippen LogP contribution in [0.4, 0.5) is 0 Å². The number of fused-ring (bicyclic) bond motifs is 1. The maximum Gasteiger partial charge on any atom is 0.254 e. The van der Waals surface area contributed by atoms with Gasteiger partial charge in [0.2, 0.25) is 0 Å². The van der Waals surface area contributed by atoms with Crippen LogP contribution in [0.1, 0.15) is 26.3 Å². The molecule has 0 radical (unpaired) electrons. The third-order valence-electron chi connectivity index (χ3n) is 5.30. The fourth-order valence-corrected chi connectivity index (χ4v) is 3.70. The topological polar surface area (TPSA) is 62.3 Å². The summed E-state index contributed by atoms with van der Waals surface area (Å²) in [6.07, 6.45) is 0. The molecule has 4 aromatic rings. The van der Waals surface area contributed by atoms with Gasteiger partial charge in [0.25, 0.3) is 11.8 Å². The number of pyridine rings is 1. The van der Waals surface area contributed by atoms with E-state index in [4.69, 9.17) is 16.6 Å². The van der Waals surface area contributed by atoms with Gasteiger partial charge < -0.3 is 10.2 Å². The minimum Gasteiger partial charge on any atom is -0.355 e. The third-order valence-corrected chi connectivity index (χ3v) is 5.55. The number of aromatic nitrogens is 1. The maximum absolute atomic E-state index is 13.4. The molecule has 1 N–H and O–H groups in total. The zero-order valence-corrected chi connectivity index (χ0v) is 18.6. The summed E-state index contributed by atoms with van der Waals surface area (Å²) in [6.45, 7) is 0.416. The molecular formula is C26H22ClN3O2. The van der Waals surface area contributed by atoms with E-state index in [0.717, 1.165) is 22.0 Å². The molecule has 0 saturated heterocycles. The van der Waals surface area contributed by atoms with E-state index in [1.54, 1.807) is 31.1 Å². The monoisotopic (exact) mass is 443 g/mol. The zero-order chi connectivity index (χ0) is 22.7. The van der Waals surface area contributed by atoms with Crippen LogP contribution in [0.25, 0.3) is 22.2 Å². The summed E-state index contributed by atoms with van der Waals surface area (Å²) in [5.74, 6) is -0.242. The molecule has 0 spiro atoms. The lowest BCUT2D eigenvalue weighted by molar-refractivity contribution is 0.0786. The van der Waals surface area contributed by atoms with Crippen LogP contribution in [0.5, 0.6) is 0 Å². The van der Waals surface area contributed by atoms with Crippen LogP contribution in [0, 0.1) is 0 Å². The van der Waals surface area contributed by atoms with E-state index in [9.17, 15) is 9.59 Å². The quantitative estimate of drug-likeness (QED) is 0.462. The largest absolute Gasteiger partial charge is 0.355 e. The van der Waals surface area contributed by atoms with E-state index < -0.39 is 0 Å². The van der Waals surface area contributed by atoms with Gasteiger partial charge in [0.15, 0.2) is 0 Å². The van der Waals surface area contributed by atoms with Crippen LogP contribution in [0.15, 0.2) is 78.9 Å². The Bertz CT molecular complexity index is 1280. The molecule has 0 saturated carbocycles. The number of benzene rings is 3. The molecule has 1 heterocycles. The number of nitrogens with one attached hydrogen (secondary N) is 1. The summed E-state index contributed by atoms with van der Waals surface area (Å²) in [5, 5.41) is 4.05. The molecule has 160 valence electrons. The Morgan fingerprint density at radius 1 is 0.969 bits per heavy atom. The zero-order valence-electron chi connectivity index (χ0n) is 17.8. The van der Waals surface area contributed by atoms with Crippen molar-refractivity contribution in [2.75, 3.05) is 14.1 Å². The molecule has 4 rings (SSSR count). The van der Waals surface area contributed by atoms with Crippen molar-refractivity contribution in [3.05, 3.63) is 101 Å². The first-order valence-electron chi connectivity index (χ1n) is 10.2. The van der Waals surface area contributed by atoms with Gasteiger partial charge in [-0.05, 0) is 42.0 Å². The summed E-state index contributed by atoms with van der Waals surface area (Å²) in [5.41, 5.74) is 4.47. The maximum atomic E-state index is 13.4. The third kappa shape index (κ3) is 4.48. The Morgan fingerprint density at radius 3 is 2.34 bits per heavy atom. The number of carbonyl (C=O) groups excluding carboxylic acids is 2. The summed E-state index contributed by atoms with van der Waals surface area (Å²) in [4.78, 5) is 31.6. The Balaban J connectivity index is 1.66. The van der Waals surface area contributed by atoms with Crippen LogP contribution in [-0.2, 0) is 6.54 Å². The summed E-state index contributed by atoms with van der Waals surface area (Å²) >= 11 is 6.03. The number of para-hydroxylation sites is 1. The number of carbonyl (C=O) groups is 2. The first kappa shape index (κ1) is 21.5. The molecule has 0 aliphatic carbocycles. The second-order valence-electron chi connectivity index (χ2n) is 7.52. The molecule has 0 bridgehead atoms. The highest BCUT2D eigenvalue weighted by Crippen LogP contribution is 2.27. The van der Waals surface area contributed by atoms with Crippen molar-refractivity contribution in [1.29, 1.82) is 0 Å². The normalized spacial score (nSPS) is 10.7. The molecule has 0 fully saturated rings. The second kappa shape index (κ2) is 9.20. The first-order chi connectivity index (χ1) is 15.5. The van der Waals surface area contributed by atoms with Gasteiger partial charge in [0, 0.05) is 42.2 Å². The standard InChI is InChI=1S/C26H22ClN3O2/c1-28-25(31)19-9-7-17(8-10-19)16-30(2)26(32)22-15-24(18-11-13-20(27)14-12-18)29-23-6-4-3-5-21(22)23/h3-15H,16H2,1-2H3,(H,28,31). The van der Waals surface area contributed by atoms with Crippen molar-refractivity contribution in [3.63, 3.8) is 0 Å². The minimum absolute atomic E-state index is 0.103. The van der Waals surface area contributed by atoms with Gasteiger partial charge in [0.05, 0.1) is 16.8 Å². The number of hydrogen-bond acceptors (Lipinski definition) is 3. The van der Waals surface area contributed by atoms with Crippen LogP contribution < -0.4 is 5.32 Å². The Morgan fingerprint density at radius 2 is 1.66 bits per heavy atom. The fourth-order valence-electron chi connectivity index (χ4n) is 3.58. The molecule has 2 amide bonds. The van der Waals surface area contributed by atoms with E-state index in [1.807, 2.05) is 66.7 Å². The Labute approximate surface area is 191 Å². The van der Waals surface area contributed by atoms with Crippen molar-refractivity contribution < 1.29 is 9.59 Å². The van der Waals surface area contributed by atoms with Gasteiger partial charge in [-0.2, -0.15) is 0 Å². The van der Waals surface area contributed by atoms with E-state index in [1.165, 1.54) is 0 Å². The molecule has 3 aromatic carbocycles. The van der Waals surface area contributed by atoms with Crippen molar-refractivity contribution in [2.24, 2.45) is 0 Å². The number of nitrogens with zero attached hydrogens (tertiary/aromatic N) is 2. The molecule has 32 heavy (non-hydrogen) atoms. The number of halogens is 1.